The van der Waals surface area contributed by atoms with Gasteiger partial charge in [0.15, 0.2) is 0 Å². The maximum atomic E-state index is 13.4. The molecule has 0 aromatic heterocycles. The Morgan fingerprint density at radius 3 is 2.47 bits per heavy atom. The van der Waals surface area contributed by atoms with Crippen molar-refractivity contribution in [3.63, 3.8) is 0 Å². The molecule has 1 aliphatic carbocycles. The standard InChI is InChI=1S/C26H38ClFN2.CH4.3H2O/c1-19(2)25(29-14-12-20-6-5-7-23(28)16-20)17-30-15-13-24(26(3,4)18-30)21-8-10-22(27)11-9-21;;;;/h5-10,16,19,22,24-25,29H,11-15,17-18H2,1-4H3;1H4;3*1H2/t22?,24-,25+;;;;/m1..../s1. The molecule has 0 spiro atoms. The maximum absolute atomic E-state index is 13.4. The summed E-state index contributed by atoms with van der Waals surface area (Å²) in [7, 11) is 0. The topological polar surface area (TPSA) is 110 Å². The van der Waals surface area contributed by atoms with Gasteiger partial charge in [0.05, 0.1) is 5.38 Å². The second-order valence-electron chi connectivity index (χ2n) is 10.1. The first-order valence-corrected chi connectivity index (χ1v) is 11.9. The zero-order valence-corrected chi connectivity index (χ0v) is 21.3. The van der Waals surface area contributed by atoms with E-state index in [4.69, 9.17) is 11.6 Å². The van der Waals surface area contributed by atoms with Crippen LogP contribution in [0, 0.1) is 23.1 Å². The summed E-state index contributed by atoms with van der Waals surface area (Å²) < 4.78 is 13.4. The van der Waals surface area contributed by atoms with Crippen LogP contribution in [0.5, 0.6) is 0 Å². The Morgan fingerprint density at radius 1 is 1.21 bits per heavy atom. The molecule has 1 aromatic rings. The van der Waals surface area contributed by atoms with Crippen molar-refractivity contribution >= 4 is 11.6 Å². The van der Waals surface area contributed by atoms with Crippen molar-refractivity contribution in [3.05, 3.63) is 59.4 Å². The number of benzene rings is 1. The highest BCUT2D eigenvalue weighted by molar-refractivity contribution is 6.22. The summed E-state index contributed by atoms with van der Waals surface area (Å²) in [4.78, 5) is 2.63. The SMILES string of the molecule is C.CC(C)[C@H](CN1CC[C@H](C2=CCC(Cl)C=C2)C(C)(C)C1)NCCc1cccc(F)c1.O.O.O. The van der Waals surface area contributed by atoms with Crippen molar-refractivity contribution in [1.29, 1.82) is 0 Å². The minimum Gasteiger partial charge on any atom is -0.412 e. The molecule has 1 fully saturated rings. The van der Waals surface area contributed by atoms with Crippen molar-refractivity contribution in [2.24, 2.45) is 17.3 Å². The molecule has 7 heteroatoms. The highest BCUT2D eigenvalue weighted by Gasteiger charge is 2.38. The third-order valence-corrected chi connectivity index (χ3v) is 7.08. The van der Waals surface area contributed by atoms with Gasteiger partial charge in [0.1, 0.15) is 5.82 Å². The number of hydrogen-bond acceptors (Lipinski definition) is 2. The van der Waals surface area contributed by atoms with Crippen LogP contribution in [-0.2, 0) is 6.42 Å². The van der Waals surface area contributed by atoms with Gasteiger partial charge in [0.2, 0.25) is 0 Å². The lowest BCUT2D eigenvalue weighted by Gasteiger charge is -2.46. The van der Waals surface area contributed by atoms with E-state index in [0.29, 0.717) is 17.9 Å². The molecule has 3 atom stereocenters. The van der Waals surface area contributed by atoms with Crippen LogP contribution in [0.25, 0.3) is 0 Å². The Bertz CT molecular complexity index is 770. The molecule has 7 N–H and O–H groups in total. The highest BCUT2D eigenvalue weighted by Crippen LogP contribution is 2.41. The van der Waals surface area contributed by atoms with Crippen LogP contribution in [-0.4, -0.2) is 58.9 Å². The average Bonchev–Trinajstić information content (AvgIpc) is 2.67. The fourth-order valence-corrected chi connectivity index (χ4v) is 5.16. The van der Waals surface area contributed by atoms with E-state index < -0.39 is 0 Å². The molecule has 2 aliphatic rings. The van der Waals surface area contributed by atoms with Crippen LogP contribution >= 0.6 is 11.6 Å². The van der Waals surface area contributed by atoms with Gasteiger partial charge in [-0.25, -0.2) is 4.39 Å². The molecule has 1 aliphatic heterocycles. The minimum absolute atomic E-state index is 0. The molecular formula is C27H48ClFN2O3. The van der Waals surface area contributed by atoms with Crippen LogP contribution in [0.2, 0.25) is 0 Å². The zero-order valence-electron chi connectivity index (χ0n) is 20.5. The maximum Gasteiger partial charge on any atom is 0.123 e. The van der Waals surface area contributed by atoms with Crippen LogP contribution in [0.15, 0.2) is 48.1 Å². The first-order valence-electron chi connectivity index (χ1n) is 11.5. The third kappa shape index (κ3) is 9.76. The normalized spacial score (nSPS) is 22.4. The Labute approximate surface area is 211 Å². The predicted molar refractivity (Wildman–Crippen MR) is 144 cm³/mol. The lowest BCUT2D eigenvalue weighted by molar-refractivity contribution is 0.0633. The summed E-state index contributed by atoms with van der Waals surface area (Å²) in [5.74, 6) is 1.01. The number of likely N-dealkylation sites (tertiary alicyclic amines) is 1. The molecule has 1 saturated heterocycles. The lowest BCUT2D eigenvalue weighted by atomic mass is 9.69. The second-order valence-corrected chi connectivity index (χ2v) is 10.6. The number of piperidine rings is 1. The number of nitrogens with zero attached hydrogens (tertiary/aromatic N) is 1. The van der Waals surface area contributed by atoms with E-state index in [1.165, 1.54) is 18.1 Å². The summed E-state index contributed by atoms with van der Waals surface area (Å²) in [6, 6.07) is 7.38. The first-order chi connectivity index (χ1) is 14.2. The van der Waals surface area contributed by atoms with Crippen molar-refractivity contribution in [2.75, 3.05) is 26.2 Å². The molecule has 3 rings (SSSR count). The molecule has 1 aromatic carbocycles. The van der Waals surface area contributed by atoms with Crippen LogP contribution in [0.3, 0.4) is 0 Å². The van der Waals surface area contributed by atoms with Crippen LogP contribution in [0.1, 0.15) is 53.5 Å². The van der Waals surface area contributed by atoms with Crippen molar-refractivity contribution in [1.82, 2.24) is 10.2 Å². The fraction of sp³-hybridized carbons (Fsp3) is 0.630. The summed E-state index contributed by atoms with van der Waals surface area (Å²) >= 11 is 6.23. The van der Waals surface area contributed by atoms with E-state index in [9.17, 15) is 4.39 Å². The monoisotopic (exact) mass is 502 g/mol. The van der Waals surface area contributed by atoms with E-state index in [1.807, 2.05) is 6.07 Å². The Hall–Kier alpha value is -1.28. The molecule has 198 valence electrons. The summed E-state index contributed by atoms with van der Waals surface area (Å²) in [5.41, 5.74) is 2.78. The van der Waals surface area contributed by atoms with Gasteiger partial charge in [-0.05, 0) is 72.9 Å². The van der Waals surface area contributed by atoms with E-state index in [-0.39, 0.29) is 40.5 Å². The van der Waals surface area contributed by atoms with Gasteiger partial charge in [0, 0.05) is 19.1 Å². The zero-order chi connectivity index (χ0) is 21.7. The van der Waals surface area contributed by atoms with Gasteiger partial charge in [-0.1, -0.05) is 65.5 Å². The van der Waals surface area contributed by atoms with E-state index in [0.717, 1.165) is 44.6 Å². The number of halogens is 2. The third-order valence-electron chi connectivity index (χ3n) is 6.76. The van der Waals surface area contributed by atoms with E-state index in [2.05, 4.69) is 56.1 Å². The predicted octanol–water partition coefficient (Wildman–Crippen LogP) is 3.99. The number of alkyl halides is 1. The molecular weight excluding hydrogens is 455 g/mol. The van der Waals surface area contributed by atoms with Gasteiger partial charge in [-0.15, -0.1) is 11.6 Å². The van der Waals surface area contributed by atoms with Gasteiger partial charge < -0.3 is 26.6 Å². The van der Waals surface area contributed by atoms with Gasteiger partial charge in [0.25, 0.3) is 0 Å². The Balaban J connectivity index is 0. The van der Waals surface area contributed by atoms with Crippen LogP contribution < -0.4 is 5.32 Å². The number of rotatable bonds is 8. The number of hydrogen-bond donors (Lipinski definition) is 1. The number of nitrogens with one attached hydrogen (secondary N) is 1. The first kappa shape index (κ1) is 34.9. The van der Waals surface area contributed by atoms with E-state index in [1.54, 1.807) is 12.1 Å². The minimum atomic E-state index is -0.150. The summed E-state index contributed by atoms with van der Waals surface area (Å²) in [6.07, 6.45) is 9.77. The van der Waals surface area contributed by atoms with Crippen molar-refractivity contribution < 1.29 is 20.8 Å². The molecule has 0 radical (unpaired) electrons. The van der Waals surface area contributed by atoms with Gasteiger partial charge >= 0.3 is 0 Å². The highest BCUT2D eigenvalue weighted by atomic mass is 35.5. The van der Waals surface area contributed by atoms with E-state index >= 15 is 0 Å². The molecule has 1 unspecified atom stereocenters. The molecule has 1 heterocycles. The molecule has 0 amide bonds. The van der Waals surface area contributed by atoms with Crippen molar-refractivity contribution in [3.8, 4) is 0 Å². The quantitative estimate of drug-likeness (QED) is 0.542. The Kier molecular flexibility index (Phi) is 16.1. The molecule has 0 bridgehead atoms. The van der Waals surface area contributed by atoms with Gasteiger partial charge in [-0.2, -0.15) is 0 Å². The van der Waals surface area contributed by atoms with Crippen molar-refractivity contribution in [2.45, 2.75) is 65.8 Å². The summed E-state index contributed by atoms with van der Waals surface area (Å²) in [5, 5.41) is 3.89. The molecule has 0 saturated carbocycles. The fourth-order valence-electron chi connectivity index (χ4n) is 4.99. The molecule has 34 heavy (non-hydrogen) atoms. The summed E-state index contributed by atoms with van der Waals surface area (Å²) in [6.45, 7) is 13.6. The Morgan fingerprint density at radius 2 is 1.91 bits per heavy atom. The lowest BCUT2D eigenvalue weighted by Crippen LogP contribution is -2.52. The largest absolute Gasteiger partial charge is 0.412 e. The average molecular weight is 503 g/mol. The van der Waals surface area contributed by atoms with Gasteiger partial charge in [-0.3, -0.25) is 0 Å². The van der Waals surface area contributed by atoms with Crippen LogP contribution in [0.4, 0.5) is 4.39 Å². The second kappa shape index (κ2) is 15.7. The molecule has 5 nitrogen and oxygen atoms in total. The smallest absolute Gasteiger partial charge is 0.123 e. The number of allylic oxidation sites excluding steroid dienone is 4.